The highest BCUT2D eigenvalue weighted by atomic mass is 35.5. The zero-order chi connectivity index (χ0) is 21.8. The summed E-state index contributed by atoms with van der Waals surface area (Å²) in [6, 6.07) is 8.96. The number of carbonyl (C=O) groups is 2. The van der Waals surface area contributed by atoms with Gasteiger partial charge in [0, 0.05) is 16.3 Å². The van der Waals surface area contributed by atoms with E-state index in [1.807, 2.05) is 0 Å². The van der Waals surface area contributed by atoms with Gasteiger partial charge in [-0.05, 0) is 31.2 Å². The molecule has 0 saturated heterocycles. The summed E-state index contributed by atoms with van der Waals surface area (Å²) >= 11 is 6.07. The first-order chi connectivity index (χ1) is 14.4. The van der Waals surface area contributed by atoms with Crippen LogP contribution in [-0.4, -0.2) is 33.3 Å². The fraction of sp³-hybridized carbons (Fsp3) is 0.238. The molecule has 1 aliphatic heterocycles. The number of amides is 3. The summed E-state index contributed by atoms with van der Waals surface area (Å²) in [6.45, 7) is 1.66. The van der Waals surface area contributed by atoms with E-state index in [0.29, 0.717) is 44.8 Å². The molecule has 9 heteroatoms. The van der Waals surface area contributed by atoms with Gasteiger partial charge in [-0.15, -0.1) is 0 Å². The molecule has 2 aromatic rings. The van der Waals surface area contributed by atoms with Crippen molar-refractivity contribution in [1.29, 1.82) is 0 Å². The summed E-state index contributed by atoms with van der Waals surface area (Å²) in [4.78, 5) is 25.5. The Kier molecular flexibility index (Phi) is 6.37. The van der Waals surface area contributed by atoms with Crippen molar-refractivity contribution in [1.82, 2.24) is 10.6 Å². The van der Waals surface area contributed by atoms with Gasteiger partial charge in [-0.25, -0.2) is 4.79 Å². The van der Waals surface area contributed by atoms with E-state index in [1.54, 1.807) is 43.3 Å². The fourth-order valence-corrected chi connectivity index (χ4v) is 3.51. The zero-order valence-corrected chi connectivity index (χ0v) is 17.7. The van der Waals surface area contributed by atoms with Crippen molar-refractivity contribution in [2.45, 2.75) is 13.0 Å². The maximum absolute atomic E-state index is 13.3. The van der Waals surface area contributed by atoms with Crippen LogP contribution in [0, 0.1) is 0 Å². The lowest BCUT2D eigenvalue weighted by atomic mass is 9.93. The van der Waals surface area contributed by atoms with E-state index < -0.39 is 18.0 Å². The van der Waals surface area contributed by atoms with Gasteiger partial charge in [0.05, 0.1) is 38.6 Å². The van der Waals surface area contributed by atoms with Crippen LogP contribution in [0.15, 0.2) is 47.7 Å². The Hall–Kier alpha value is -3.39. The van der Waals surface area contributed by atoms with Crippen LogP contribution >= 0.6 is 11.6 Å². The number of nitrogens with one attached hydrogen (secondary N) is 3. The largest absolute Gasteiger partial charge is 0.495 e. The molecular weight excluding hydrogens is 410 g/mol. The summed E-state index contributed by atoms with van der Waals surface area (Å²) in [6.07, 6.45) is 0. The van der Waals surface area contributed by atoms with Crippen LogP contribution in [0.25, 0.3) is 0 Å². The first-order valence-electron chi connectivity index (χ1n) is 9.03. The maximum Gasteiger partial charge on any atom is 0.319 e. The molecule has 158 valence electrons. The molecule has 0 saturated carbocycles. The summed E-state index contributed by atoms with van der Waals surface area (Å²) in [5, 5.41) is 8.68. The van der Waals surface area contributed by atoms with Crippen molar-refractivity contribution in [3.05, 3.63) is 58.3 Å². The van der Waals surface area contributed by atoms with E-state index in [9.17, 15) is 9.59 Å². The van der Waals surface area contributed by atoms with Crippen molar-refractivity contribution in [2.24, 2.45) is 0 Å². The van der Waals surface area contributed by atoms with Gasteiger partial charge in [-0.3, -0.25) is 4.79 Å². The third-order valence-electron chi connectivity index (χ3n) is 4.67. The van der Waals surface area contributed by atoms with Crippen molar-refractivity contribution >= 4 is 29.2 Å². The normalized spacial score (nSPS) is 15.8. The van der Waals surface area contributed by atoms with Crippen LogP contribution in [0.5, 0.6) is 17.2 Å². The predicted octanol–water partition coefficient (Wildman–Crippen LogP) is 3.63. The van der Waals surface area contributed by atoms with Crippen LogP contribution in [0.3, 0.4) is 0 Å². The molecule has 1 heterocycles. The van der Waals surface area contributed by atoms with Crippen molar-refractivity contribution in [3.63, 3.8) is 0 Å². The van der Waals surface area contributed by atoms with Gasteiger partial charge in [0.25, 0.3) is 5.91 Å². The smallest absolute Gasteiger partial charge is 0.319 e. The van der Waals surface area contributed by atoms with E-state index in [4.69, 9.17) is 25.8 Å². The molecule has 1 aliphatic rings. The van der Waals surface area contributed by atoms with Crippen LogP contribution in [0.4, 0.5) is 10.5 Å². The summed E-state index contributed by atoms with van der Waals surface area (Å²) in [7, 11) is 4.51. The monoisotopic (exact) mass is 431 g/mol. The van der Waals surface area contributed by atoms with Crippen molar-refractivity contribution < 1.29 is 23.8 Å². The molecule has 1 unspecified atom stereocenters. The zero-order valence-electron chi connectivity index (χ0n) is 17.0. The minimum Gasteiger partial charge on any atom is -0.495 e. The van der Waals surface area contributed by atoms with Gasteiger partial charge in [0.15, 0.2) is 11.5 Å². The van der Waals surface area contributed by atoms with Gasteiger partial charge in [-0.2, -0.15) is 0 Å². The number of anilines is 1. The summed E-state index contributed by atoms with van der Waals surface area (Å²) < 4.78 is 16.2. The SMILES string of the molecule is COc1ccc(Cl)cc1NC(=O)C1=C(C)NC(=O)NC1c1cccc(OC)c1OC. The number of halogens is 1. The molecule has 0 radical (unpaired) electrons. The number of allylic oxidation sites excluding steroid dienone is 1. The average Bonchev–Trinajstić information content (AvgIpc) is 2.72. The second-order valence-corrected chi connectivity index (χ2v) is 6.89. The van der Waals surface area contributed by atoms with Gasteiger partial charge in [-0.1, -0.05) is 23.7 Å². The fourth-order valence-electron chi connectivity index (χ4n) is 3.33. The number of carbonyl (C=O) groups excluding carboxylic acids is 2. The number of benzene rings is 2. The molecule has 8 nitrogen and oxygen atoms in total. The number of para-hydroxylation sites is 1. The topological polar surface area (TPSA) is 97.9 Å². The average molecular weight is 432 g/mol. The first-order valence-corrected chi connectivity index (χ1v) is 9.41. The van der Waals surface area contributed by atoms with Crippen LogP contribution < -0.4 is 30.2 Å². The lowest BCUT2D eigenvalue weighted by Gasteiger charge is -2.30. The molecule has 0 fully saturated rings. The van der Waals surface area contributed by atoms with Crippen LogP contribution in [0.2, 0.25) is 5.02 Å². The van der Waals surface area contributed by atoms with Crippen molar-refractivity contribution in [3.8, 4) is 17.2 Å². The van der Waals surface area contributed by atoms with Gasteiger partial charge >= 0.3 is 6.03 Å². The molecule has 0 aliphatic carbocycles. The van der Waals surface area contributed by atoms with Crippen LogP contribution in [-0.2, 0) is 4.79 Å². The Balaban J connectivity index is 2.05. The van der Waals surface area contributed by atoms with Crippen LogP contribution in [0.1, 0.15) is 18.5 Å². The van der Waals surface area contributed by atoms with E-state index in [0.717, 1.165) is 0 Å². The summed E-state index contributed by atoms with van der Waals surface area (Å²) in [5.41, 5.74) is 1.70. The second-order valence-electron chi connectivity index (χ2n) is 6.45. The van der Waals surface area contributed by atoms with Gasteiger partial charge < -0.3 is 30.2 Å². The predicted molar refractivity (Wildman–Crippen MR) is 113 cm³/mol. The highest BCUT2D eigenvalue weighted by molar-refractivity contribution is 6.31. The lowest BCUT2D eigenvalue weighted by Crippen LogP contribution is -2.46. The number of urea groups is 1. The standard InChI is InChI=1S/C21H22ClN3O5/c1-11-17(20(26)24-14-10-12(22)8-9-15(14)28-2)18(25-21(27)23-11)13-6-5-7-16(29-3)19(13)30-4/h5-10,18H,1-4H3,(H,24,26)(H2,23,25,27). The summed E-state index contributed by atoms with van der Waals surface area (Å²) in [5.74, 6) is 0.923. The third kappa shape index (κ3) is 4.13. The van der Waals surface area contributed by atoms with Gasteiger partial charge in [0.1, 0.15) is 5.75 Å². The van der Waals surface area contributed by atoms with E-state index >= 15 is 0 Å². The lowest BCUT2D eigenvalue weighted by molar-refractivity contribution is -0.113. The highest BCUT2D eigenvalue weighted by Crippen LogP contribution is 2.39. The highest BCUT2D eigenvalue weighted by Gasteiger charge is 2.34. The van der Waals surface area contributed by atoms with Gasteiger partial charge in [0.2, 0.25) is 0 Å². The first kappa shape index (κ1) is 21.3. The minimum absolute atomic E-state index is 0.309. The minimum atomic E-state index is -0.769. The van der Waals surface area contributed by atoms with E-state index in [2.05, 4.69) is 16.0 Å². The molecule has 3 rings (SSSR count). The molecular formula is C21H22ClN3O5. The number of ether oxygens (including phenoxy) is 3. The molecule has 30 heavy (non-hydrogen) atoms. The third-order valence-corrected chi connectivity index (χ3v) is 4.90. The quantitative estimate of drug-likeness (QED) is 0.648. The second kappa shape index (κ2) is 8.96. The number of rotatable bonds is 6. The maximum atomic E-state index is 13.3. The van der Waals surface area contributed by atoms with E-state index in [-0.39, 0.29) is 0 Å². The molecule has 3 amide bonds. The molecule has 0 bridgehead atoms. The number of methoxy groups -OCH3 is 3. The Morgan fingerprint density at radius 3 is 2.47 bits per heavy atom. The number of hydrogen-bond donors (Lipinski definition) is 3. The molecule has 3 N–H and O–H groups in total. The molecule has 0 spiro atoms. The van der Waals surface area contributed by atoms with E-state index in [1.165, 1.54) is 21.3 Å². The molecule has 0 aromatic heterocycles. The Morgan fingerprint density at radius 1 is 1.07 bits per heavy atom. The van der Waals surface area contributed by atoms with Crippen molar-refractivity contribution in [2.75, 3.05) is 26.6 Å². The Morgan fingerprint density at radius 2 is 1.80 bits per heavy atom. The molecule has 2 aromatic carbocycles. The molecule has 1 atom stereocenters. The number of hydrogen-bond acceptors (Lipinski definition) is 5. The Labute approximate surface area is 179 Å². The Bertz CT molecular complexity index is 1020.